The Morgan fingerprint density at radius 1 is 1.19 bits per heavy atom. The summed E-state index contributed by atoms with van der Waals surface area (Å²) in [5.74, 6) is 0. The minimum absolute atomic E-state index is 0.0588. The number of aromatic nitrogens is 2. The molecule has 16 nitrogen and oxygen atoms in total. The molecule has 2 rings (SSSR count). The molecule has 1 aromatic rings. The summed E-state index contributed by atoms with van der Waals surface area (Å²) < 4.78 is 68.4. The summed E-state index contributed by atoms with van der Waals surface area (Å²) in [5.41, 5.74) is -2.78. The van der Waals surface area contributed by atoms with E-state index < -0.39 is 69.9 Å². The van der Waals surface area contributed by atoms with Crippen molar-refractivity contribution in [2.45, 2.75) is 44.8 Å². The van der Waals surface area contributed by atoms with E-state index in [9.17, 15) is 29.2 Å². The normalized spacial score (nSPS) is 25.0. The number of ether oxygens (including phenoxy) is 5. The van der Waals surface area contributed by atoms with Gasteiger partial charge in [0.1, 0.15) is 17.8 Å². The number of H-pyrrole nitrogens is 1. The number of nitrogens with one attached hydrogen (secondary N) is 1. The largest absolute Gasteiger partial charge is 0.510 e. The van der Waals surface area contributed by atoms with Gasteiger partial charge in [0.05, 0.1) is 22.5 Å². The van der Waals surface area contributed by atoms with Crippen LogP contribution in [0.2, 0.25) is 0 Å². The first-order chi connectivity index (χ1) is 17.7. The third kappa shape index (κ3) is 8.07. The van der Waals surface area contributed by atoms with Crippen LogP contribution in [0.25, 0.3) is 0 Å². The van der Waals surface area contributed by atoms with Crippen LogP contribution in [0.4, 0.5) is 9.59 Å². The molecule has 0 saturated carbocycles. The molecule has 204 valence electrons. The first-order valence-electron chi connectivity index (χ1n) is 11.2. The zero-order valence-electron chi connectivity index (χ0n) is 21.3. The van der Waals surface area contributed by atoms with Gasteiger partial charge in [-0.15, -0.1) is 0 Å². The molecule has 0 radical (unpaired) electrons. The highest BCUT2D eigenvalue weighted by Crippen LogP contribution is 2.50. The Labute approximate surface area is 212 Å². The van der Waals surface area contributed by atoms with E-state index in [2.05, 4.69) is 23.9 Å². The third-order valence-corrected chi connectivity index (χ3v) is 5.83. The summed E-state index contributed by atoms with van der Waals surface area (Å²) in [6.07, 6.45) is -6.95. The summed E-state index contributed by atoms with van der Waals surface area (Å²) in [5, 5.41) is 21.6. The van der Waals surface area contributed by atoms with E-state index in [0.29, 0.717) is 0 Å². The molecule has 4 atom stereocenters. The number of carbonyl (C=O) groups excluding carboxylic acids is 2. The maximum absolute atomic E-state index is 13.1. The monoisotopic (exact) mass is 560 g/mol. The van der Waals surface area contributed by atoms with Crippen LogP contribution in [0.15, 0.2) is 17.1 Å². The second-order valence-corrected chi connectivity index (χ2v) is 8.88. The van der Waals surface area contributed by atoms with Crippen molar-refractivity contribution in [1.29, 1.82) is 0 Å². The van der Waals surface area contributed by atoms with E-state index in [-0.39, 0.29) is 18.0 Å². The maximum Gasteiger partial charge on any atom is 0.510 e. The second kappa shape index (κ2) is 13.3. The van der Waals surface area contributed by atoms with E-state index in [1.54, 1.807) is 0 Å². The number of hydrogen-bond acceptors (Lipinski definition) is 15. The number of phosphoric ester groups is 1. The van der Waals surface area contributed by atoms with Gasteiger partial charge in [-0.25, -0.2) is 23.2 Å². The highest BCUT2D eigenvalue weighted by atomic mass is 32.1. The number of phosphoric acid groups is 1. The standard InChI is InChI=1S/C18H27N2O14PS/c1-4-27-16(23)29-9-32-35(26,33-10-30-17(24)28-5-2)31-8-11-13(22)18(3,25)14(34-11)20-7-6-12(21)19-15(20)36/h6-7,11,13-14,22,25H,4-5,8-10H2,1-3H3,(H,19,21,36)/t11-,13+,14-,18?/m1/s1/i8D2. The minimum atomic E-state index is -5.11. The molecule has 0 aliphatic carbocycles. The predicted molar refractivity (Wildman–Crippen MR) is 118 cm³/mol. The van der Waals surface area contributed by atoms with Crippen molar-refractivity contribution >= 4 is 32.4 Å². The average molecular weight is 560 g/mol. The predicted octanol–water partition coefficient (Wildman–Crippen LogP) is 1.33. The van der Waals surface area contributed by atoms with Gasteiger partial charge in [-0.3, -0.25) is 18.9 Å². The van der Waals surface area contributed by atoms with Gasteiger partial charge in [0.15, 0.2) is 11.0 Å². The lowest BCUT2D eigenvalue weighted by Crippen LogP contribution is -2.44. The molecule has 1 aliphatic rings. The fraction of sp³-hybridized carbons (Fsp3) is 0.667. The molecule has 1 fully saturated rings. The molecule has 0 aromatic carbocycles. The molecule has 2 heterocycles. The number of aliphatic hydroxyl groups excluding tert-OH is 1. The SMILES string of the molecule is [2H]C([2H])(OP(=O)(OCOC(=O)OCC)OCOC(=O)OCC)[C@H]1O[C@@H](n2ccc(=O)[nH]c2=S)C(C)(O)[C@H]1O. The molecule has 0 bridgehead atoms. The molecule has 0 spiro atoms. The van der Waals surface area contributed by atoms with E-state index in [0.717, 1.165) is 23.8 Å². The van der Waals surface area contributed by atoms with Crippen LogP contribution >= 0.6 is 20.0 Å². The topological polar surface area (TPSA) is 203 Å². The number of hydrogen-bond donors (Lipinski definition) is 3. The van der Waals surface area contributed by atoms with Crippen molar-refractivity contribution in [3.8, 4) is 0 Å². The molecular formula is C18H27N2O14PS. The van der Waals surface area contributed by atoms with Gasteiger partial charge in [0.2, 0.25) is 13.6 Å². The highest BCUT2D eigenvalue weighted by molar-refractivity contribution is 7.71. The van der Waals surface area contributed by atoms with Crippen LogP contribution in [0.5, 0.6) is 0 Å². The zero-order valence-corrected chi connectivity index (χ0v) is 21.0. The third-order valence-electron chi connectivity index (χ3n) is 4.35. The zero-order chi connectivity index (χ0) is 28.7. The summed E-state index contributed by atoms with van der Waals surface area (Å²) in [6, 6.07) is 1.04. The second-order valence-electron chi connectivity index (χ2n) is 6.90. The van der Waals surface area contributed by atoms with Gasteiger partial charge in [-0.1, -0.05) is 0 Å². The Bertz CT molecular complexity index is 1120. The number of carbonyl (C=O) groups is 2. The Morgan fingerprint density at radius 2 is 1.75 bits per heavy atom. The molecule has 36 heavy (non-hydrogen) atoms. The molecule has 3 N–H and O–H groups in total. The van der Waals surface area contributed by atoms with Crippen LogP contribution in [0.3, 0.4) is 0 Å². The van der Waals surface area contributed by atoms with E-state index in [1.165, 1.54) is 13.8 Å². The van der Waals surface area contributed by atoms with Crippen LogP contribution < -0.4 is 5.56 Å². The fourth-order valence-corrected chi connectivity index (χ4v) is 3.69. The average Bonchev–Trinajstić information content (AvgIpc) is 3.03. The lowest BCUT2D eigenvalue weighted by molar-refractivity contribution is -0.0984. The Kier molecular flexibility index (Phi) is 9.82. The van der Waals surface area contributed by atoms with Crippen molar-refractivity contribution in [2.24, 2.45) is 0 Å². The smallest absolute Gasteiger partial charge is 0.435 e. The lowest BCUT2D eigenvalue weighted by atomic mass is 9.96. The van der Waals surface area contributed by atoms with Gasteiger partial charge in [0, 0.05) is 12.3 Å². The van der Waals surface area contributed by atoms with Gasteiger partial charge >= 0.3 is 20.1 Å². The van der Waals surface area contributed by atoms with Crippen LogP contribution in [-0.2, 0) is 41.8 Å². The lowest BCUT2D eigenvalue weighted by Gasteiger charge is -2.28. The number of nitrogens with zero attached hydrogens (tertiary/aromatic N) is 1. The van der Waals surface area contributed by atoms with E-state index in [1.807, 2.05) is 0 Å². The highest BCUT2D eigenvalue weighted by Gasteiger charge is 2.53. The molecule has 18 heteroatoms. The molecule has 1 unspecified atom stereocenters. The van der Waals surface area contributed by atoms with Crippen molar-refractivity contribution < 1.29 is 64.4 Å². The number of rotatable bonds is 12. The first kappa shape index (κ1) is 26.7. The molecule has 0 amide bonds. The minimum Gasteiger partial charge on any atom is -0.435 e. The van der Waals surface area contributed by atoms with Crippen LogP contribution in [-0.4, -0.2) is 83.2 Å². The summed E-state index contributed by atoms with van der Waals surface area (Å²) >= 11 is 5.03. The first-order valence-corrected chi connectivity index (χ1v) is 12.1. The molecule has 1 aliphatic heterocycles. The Balaban J connectivity index is 2.25. The van der Waals surface area contributed by atoms with Crippen molar-refractivity contribution in [3.05, 3.63) is 27.4 Å². The maximum atomic E-state index is 13.1. The van der Waals surface area contributed by atoms with Gasteiger partial charge in [0.25, 0.3) is 5.56 Å². The van der Waals surface area contributed by atoms with Gasteiger partial charge < -0.3 is 33.9 Å². The van der Waals surface area contributed by atoms with E-state index in [4.69, 9.17) is 33.3 Å². The Hall–Kier alpha value is -2.37. The van der Waals surface area contributed by atoms with Crippen molar-refractivity contribution in [2.75, 3.05) is 33.4 Å². The van der Waals surface area contributed by atoms with E-state index >= 15 is 0 Å². The fourth-order valence-electron chi connectivity index (χ4n) is 2.66. The number of aliphatic hydroxyl groups is 2. The molecule has 1 saturated heterocycles. The quantitative estimate of drug-likeness (QED) is 0.143. The molecule has 1 aromatic heterocycles. The summed E-state index contributed by atoms with van der Waals surface area (Å²) in [4.78, 5) is 36.5. The van der Waals surface area contributed by atoms with Crippen LogP contribution in [0, 0.1) is 4.77 Å². The summed E-state index contributed by atoms with van der Waals surface area (Å²) in [7, 11) is -5.11. The van der Waals surface area contributed by atoms with Crippen molar-refractivity contribution in [1.82, 2.24) is 9.55 Å². The summed E-state index contributed by atoms with van der Waals surface area (Å²) in [6.45, 7) is -1.54. The molecular weight excluding hydrogens is 531 g/mol. The Morgan fingerprint density at radius 3 is 2.25 bits per heavy atom. The van der Waals surface area contributed by atoms with Crippen molar-refractivity contribution in [3.63, 3.8) is 0 Å². The van der Waals surface area contributed by atoms with Gasteiger partial charge in [-0.2, -0.15) is 0 Å². The van der Waals surface area contributed by atoms with Gasteiger partial charge in [-0.05, 0) is 33.0 Å². The number of aromatic amines is 1. The van der Waals surface area contributed by atoms with Crippen LogP contribution in [0.1, 0.15) is 29.7 Å².